The van der Waals surface area contributed by atoms with E-state index in [4.69, 9.17) is 4.74 Å². The van der Waals surface area contributed by atoms with Gasteiger partial charge in [0, 0.05) is 0 Å². The molecule has 4 rings (SSSR count). The number of halogens is 2. The van der Waals surface area contributed by atoms with Gasteiger partial charge in [-0.2, -0.15) is 4.39 Å². The van der Waals surface area contributed by atoms with E-state index in [0.29, 0.717) is 24.3 Å². The van der Waals surface area contributed by atoms with E-state index in [-0.39, 0.29) is 5.75 Å². The van der Waals surface area contributed by atoms with E-state index < -0.39 is 11.6 Å². The van der Waals surface area contributed by atoms with Gasteiger partial charge in [-0.25, -0.2) is 4.39 Å². The highest BCUT2D eigenvalue weighted by molar-refractivity contribution is 5.64. The van der Waals surface area contributed by atoms with Gasteiger partial charge in [-0.15, -0.1) is 0 Å². The summed E-state index contributed by atoms with van der Waals surface area (Å²) in [5, 5.41) is 0. The molecule has 0 aliphatic heterocycles. The minimum atomic E-state index is -0.937. The summed E-state index contributed by atoms with van der Waals surface area (Å²) >= 11 is 0. The van der Waals surface area contributed by atoms with Gasteiger partial charge in [-0.1, -0.05) is 80.4 Å². The average Bonchev–Trinajstić information content (AvgIpc) is 2.90. The Bertz CT molecular complexity index is 1110. The van der Waals surface area contributed by atoms with Gasteiger partial charge < -0.3 is 4.74 Å². The zero-order valence-electron chi connectivity index (χ0n) is 20.9. The topological polar surface area (TPSA) is 9.23 Å². The maximum absolute atomic E-state index is 14.4. The predicted octanol–water partition coefficient (Wildman–Crippen LogP) is 9.40. The van der Waals surface area contributed by atoms with E-state index in [2.05, 4.69) is 55.5 Å². The van der Waals surface area contributed by atoms with E-state index in [9.17, 15) is 8.78 Å². The zero-order chi connectivity index (χ0) is 24.6. The first-order valence-electron chi connectivity index (χ1n) is 13.0. The van der Waals surface area contributed by atoms with Crippen molar-refractivity contribution in [1.29, 1.82) is 0 Å². The van der Waals surface area contributed by atoms with Crippen molar-refractivity contribution < 1.29 is 13.5 Å². The van der Waals surface area contributed by atoms with Gasteiger partial charge >= 0.3 is 0 Å². The molecule has 0 amide bonds. The van der Waals surface area contributed by atoms with E-state index >= 15 is 0 Å². The fraction of sp³-hybridized carbons (Fsp3) is 0.375. The van der Waals surface area contributed by atoms with Crippen LogP contribution in [-0.2, 0) is 12.8 Å². The lowest BCUT2D eigenvalue weighted by Gasteiger charge is -2.28. The van der Waals surface area contributed by atoms with E-state index in [1.54, 1.807) is 19.1 Å². The average molecular weight is 475 g/mol. The molecule has 0 saturated heterocycles. The normalized spacial score (nSPS) is 18.2. The SMILES string of the molecule is C/C=C/Oc1ccc(CCc2ccc(-c3ccc(C4CCC(CCC)CC4)cc3)cc2)c(F)c1F. The maximum Gasteiger partial charge on any atom is 0.201 e. The molecule has 35 heavy (non-hydrogen) atoms. The molecule has 0 spiro atoms. The Kier molecular flexibility index (Phi) is 8.74. The molecule has 0 aromatic heterocycles. The van der Waals surface area contributed by atoms with Gasteiger partial charge in [-0.05, 0) is 91.2 Å². The highest BCUT2D eigenvalue weighted by atomic mass is 19.2. The lowest BCUT2D eigenvalue weighted by atomic mass is 9.77. The Morgan fingerprint density at radius 1 is 0.800 bits per heavy atom. The highest BCUT2D eigenvalue weighted by Gasteiger charge is 2.21. The second-order valence-corrected chi connectivity index (χ2v) is 9.76. The molecule has 0 bridgehead atoms. The third-order valence-corrected chi connectivity index (χ3v) is 7.35. The molecular formula is C32H36F2O. The number of rotatable bonds is 9. The molecule has 3 aromatic carbocycles. The van der Waals surface area contributed by atoms with Crippen molar-refractivity contribution in [2.45, 2.75) is 71.1 Å². The molecule has 1 aliphatic carbocycles. The first-order valence-corrected chi connectivity index (χ1v) is 13.0. The molecule has 0 heterocycles. The third-order valence-electron chi connectivity index (χ3n) is 7.35. The van der Waals surface area contributed by atoms with Crippen LogP contribution in [0.3, 0.4) is 0 Å². The largest absolute Gasteiger partial charge is 0.462 e. The molecule has 184 valence electrons. The van der Waals surface area contributed by atoms with Gasteiger partial charge in [0.05, 0.1) is 6.26 Å². The monoisotopic (exact) mass is 474 g/mol. The van der Waals surface area contributed by atoms with Gasteiger partial charge in [-0.3, -0.25) is 0 Å². The van der Waals surface area contributed by atoms with Crippen molar-refractivity contribution >= 4 is 0 Å². The fourth-order valence-electron chi connectivity index (χ4n) is 5.28. The van der Waals surface area contributed by atoms with Crippen molar-refractivity contribution in [2.75, 3.05) is 0 Å². The molecule has 0 radical (unpaired) electrons. The van der Waals surface area contributed by atoms with Crippen molar-refractivity contribution in [2.24, 2.45) is 5.92 Å². The zero-order valence-corrected chi connectivity index (χ0v) is 20.9. The second-order valence-electron chi connectivity index (χ2n) is 9.76. The number of aryl methyl sites for hydroxylation is 2. The fourth-order valence-corrected chi connectivity index (χ4v) is 5.28. The first-order chi connectivity index (χ1) is 17.1. The van der Waals surface area contributed by atoms with Crippen LogP contribution in [0.25, 0.3) is 11.1 Å². The lowest BCUT2D eigenvalue weighted by molar-refractivity contribution is 0.308. The Labute approximate surface area is 208 Å². The minimum absolute atomic E-state index is 0.0936. The van der Waals surface area contributed by atoms with Crippen molar-refractivity contribution in [3.8, 4) is 16.9 Å². The summed E-state index contributed by atoms with van der Waals surface area (Å²) in [6.45, 7) is 4.04. The van der Waals surface area contributed by atoms with Crippen LogP contribution in [0, 0.1) is 17.6 Å². The summed E-state index contributed by atoms with van der Waals surface area (Å²) in [5.74, 6) is -0.227. The summed E-state index contributed by atoms with van der Waals surface area (Å²) in [6, 6.07) is 20.5. The third kappa shape index (κ3) is 6.39. The lowest BCUT2D eigenvalue weighted by Crippen LogP contribution is -2.13. The number of hydrogen-bond acceptors (Lipinski definition) is 1. The van der Waals surface area contributed by atoms with Crippen LogP contribution in [0.4, 0.5) is 8.78 Å². The standard InChI is InChI=1S/C32H36F2O/c1-3-5-23-6-11-25(12-7-23)27-16-18-28(19-17-27)26-13-8-24(9-14-26)10-15-29-20-21-30(35-22-4-2)32(34)31(29)33/h4,8-9,13-14,16-23,25H,3,5-7,10-12,15H2,1-2H3/b22-4+. The quantitative estimate of drug-likeness (QED) is 0.281. The summed E-state index contributed by atoms with van der Waals surface area (Å²) in [6.07, 6.45) is 12.1. The Morgan fingerprint density at radius 3 is 2.09 bits per heavy atom. The van der Waals surface area contributed by atoms with Crippen LogP contribution in [0.15, 0.2) is 73.0 Å². The number of ether oxygens (including phenoxy) is 1. The van der Waals surface area contributed by atoms with Crippen LogP contribution in [0.2, 0.25) is 0 Å². The van der Waals surface area contributed by atoms with Gasteiger partial charge in [0.2, 0.25) is 5.82 Å². The van der Waals surface area contributed by atoms with Gasteiger partial charge in [0.25, 0.3) is 0 Å². The minimum Gasteiger partial charge on any atom is -0.462 e. The van der Waals surface area contributed by atoms with E-state index in [0.717, 1.165) is 11.5 Å². The van der Waals surface area contributed by atoms with Crippen LogP contribution in [0.1, 0.15) is 75.0 Å². The van der Waals surface area contributed by atoms with Crippen molar-refractivity contribution in [3.63, 3.8) is 0 Å². The molecular weight excluding hydrogens is 438 g/mol. The highest BCUT2D eigenvalue weighted by Crippen LogP contribution is 2.38. The number of benzene rings is 3. The smallest absolute Gasteiger partial charge is 0.201 e. The molecule has 0 N–H and O–H groups in total. The summed E-state index contributed by atoms with van der Waals surface area (Å²) in [7, 11) is 0. The first kappa shape index (κ1) is 25.2. The summed E-state index contributed by atoms with van der Waals surface area (Å²) in [5.41, 5.74) is 5.32. The van der Waals surface area contributed by atoms with Crippen molar-refractivity contribution in [1.82, 2.24) is 0 Å². The molecule has 3 aromatic rings. The maximum atomic E-state index is 14.4. The molecule has 3 heteroatoms. The Morgan fingerprint density at radius 2 is 1.46 bits per heavy atom. The van der Waals surface area contributed by atoms with E-state index in [1.807, 2.05) is 0 Å². The van der Waals surface area contributed by atoms with E-state index in [1.165, 1.54) is 67.5 Å². The number of allylic oxidation sites excluding steroid dienone is 1. The van der Waals surface area contributed by atoms with Crippen LogP contribution in [0.5, 0.6) is 5.75 Å². The molecule has 0 atom stereocenters. The predicted molar refractivity (Wildman–Crippen MR) is 141 cm³/mol. The molecule has 1 saturated carbocycles. The molecule has 0 unspecified atom stereocenters. The molecule has 1 nitrogen and oxygen atoms in total. The summed E-state index contributed by atoms with van der Waals surface area (Å²) < 4.78 is 33.7. The summed E-state index contributed by atoms with van der Waals surface area (Å²) in [4.78, 5) is 0. The molecule has 1 aliphatic rings. The van der Waals surface area contributed by atoms with Gasteiger partial charge in [0.1, 0.15) is 0 Å². The van der Waals surface area contributed by atoms with Crippen molar-refractivity contribution in [3.05, 3.63) is 101 Å². The van der Waals surface area contributed by atoms with Gasteiger partial charge in [0.15, 0.2) is 11.6 Å². The van der Waals surface area contributed by atoms with Crippen LogP contribution in [-0.4, -0.2) is 0 Å². The Balaban J connectivity index is 1.34. The molecule has 1 fully saturated rings. The van der Waals surface area contributed by atoms with Crippen LogP contribution < -0.4 is 4.74 Å². The van der Waals surface area contributed by atoms with Crippen LogP contribution >= 0.6 is 0 Å². The Hall–Kier alpha value is -2.94. The second kappa shape index (κ2) is 12.2. The number of hydrogen-bond donors (Lipinski definition) is 0.